The van der Waals surface area contributed by atoms with Crippen molar-refractivity contribution in [2.75, 3.05) is 6.61 Å². The molecule has 8 nitrogen and oxygen atoms in total. The molecule has 0 unspecified atom stereocenters. The molecule has 1 aromatic carbocycles. The third-order valence-corrected chi connectivity index (χ3v) is 5.91. The molecule has 1 fully saturated rings. The summed E-state index contributed by atoms with van der Waals surface area (Å²) in [6.45, 7) is 3.86. The van der Waals surface area contributed by atoms with Gasteiger partial charge in [-0.25, -0.2) is 9.67 Å². The van der Waals surface area contributed by atoms with Gasteiger partial charge in [-0.2, -0.15) is 10.2 Å². The van der Waals surface area contributed by atoms with Gasteiger partial charge in [0.05, 0.1) is 31.3 Å². The Bertz CT molecular complexity index is 1030. The molecule has 3 aromatic rings. The summed E-state index contributed by atoms with van der Waals surface area (Å²) in [5.41, 5.74) is 2.15. The SMILES string of the molecule is Cc1nc2n(n1)C[C@H](NC(=O)[C@H]1CCO[C@@H]1c1cnn(Cc3ccccc3)c1)CC2. The van der Waals surface area contributed by atoms with Crippen LogP contribution in [0.1, 0.15) is 41.7 Å². The molecular formula is C22H26N6O2. The summed E-state index contributed by atoms with van der Waals surface area (Å²) < 4.78 is 9.76. The summed E-state index contributed by atoms with van der Waals surface area (Å²) in [5, 5.41) is 12.1. The quantitative estimate of drug-likeness (QED) is 0.701. The number of ether oxygens (including phenoxy) is 1. The van der Waals surface area contributed by atoms with Crippen molar-refractivity contribution in [1.29, 1.82) is 0 Å². The minimum atomic E-state index is -0.248. The monoisotopic (exact) mass is 406 g/mol. The van der Waals surface area contributed by atoms with Crippen molar-refractivity contribution < 1.29 is 9.53 Å². The highest BCUT2D eigenvalue weighted by molar-refractivity contribution is 5.80. The molecule has 1 N–H and O–H groups in total. The summed E-state index contributed by atoms with van der Waals surface area (Å²) in [4.78, 5) is 17.5. The largest absolute Gasteiger partial charge is 0.373 e. The highest BCUT2D eigenvalue weighted by atomic mass is 16.5. The van der Waals surface area contributed by atoms with Crippen LogP contribution in [-0.2, 0) is 29.0 Å². The third-order valence-electron chi connectivity index (χ3n) is 5.91. The minimum Gasteiger partial charge on any atom is -0.373 e. The zero-order valence-corrected chi connectivity index (χ0v) is 17.1. The number of carbonyl (C=O) groups excluding carboxylic acids is 1. The standard InChI is InChI=1S/C22H26N6O2/c1-15-24-20-8-7-18(14-28(20)26-15)25-22(29)19-9-10-30-21(19)17-11-23-27(13-17)12-16-5-3-2-4-6-16/h2-6,11,13,18-19,21H,7-10,12,14H2,1H3,(H,25,29)/t18-,19+,21-/m1/s1. The maximum atomic E-state index is 13.0. The second kappa shape index (κ2) is 8.02. The van der Waals surface area contributed by atoms with E-state index in [0.29, 0.717) is 19.7 Å². The van der Waals surface area contributed by atoms with Gasteiger partial charge in [-0.1, -0.05) is 30.3 Å². The lowest BCUT2D eigenvalue weighted by Crippen LogP contribution is -2.44. The number of aryl methyl sites for hydroxylation is 2. The normalized spacial score (nSPS) is 23.3. The van der Waals surface area contributed by atoms with Crippen LogP contribution in [-0.4, -0.2) is 43.1 Å². The first-order valence-electron chi connectivity index (χ1n) is 10.5. The Morgan fingerprint density at radius 3 is 3.00 bits per heavy atom. The smallest absolute Gasteiger partial charge is 0.226 e. The van der Waals surface area contributed by atoms with Crippen LogP contribution in [0.4, 0.5) is 0 Å². The summed E-state index contributed by atoms with van der Waals surface area (Å²) >= 11 is 0. The van der Waals surface area contributed by atoms with Gasteiger partial charge in [-0.05, 0) is 25.3 Å². The molecule has 1 amide bonds. The number of fused-ring (bicyclic) bond motifs is 1. The molecule has 156 valence electrons. The van der Waals surface area contributed by atoms with E-state index in [9.17, 15) is 4.79 Å². The molecule has 2 aliphatic rings. The van der Waals surface area contributed by atoms with Gasteiger partial charge in [0.1, 0.15) is 11.6 Å². The van der Waals surface area contributed by atoms with E-state index in [2.05, 4.69) is 32.6 Å². The number of aromatic nitrogens is 5. The first-order chi connectivity index (χ1) is 14.7. The van der Waals surface area contributed by atoms with Crippen molar-refractivity contribution >= 4 is 5.91 Å². The van der Waals surface area contributed by atoms with Gasteiger partial charge in [0.25, 0.3) is 0 Å². The van der Waals surface area contributed by atoms with E-state index in [1.165, 1.54) is 5.56 Å². The Morgan fingerprint density at radius 1 is 1.27 bits per heavy atom. The second-order valence-electron chi connectivity index (χ2n) is 8.14. The topological polar surface area (TPSA) is 86.9 Å². The molecule has 0 radical (unpaired) electrons. The molecule has 3 atom stereocenters. The van der Waals surface area contributed by atoms with Gasteiger partial charge < -0.3 is 10.1 Å². The van der Waals surface area contributed by atoms with Crippen molar-refractivity contribution in [3.05, 3.63) is 65.5 Å². The van der Waals surface area contributed by atoms with Crippen molar-refractivity contribution in [2.45, 2.75) is 51.4 Å². The van der Waals surface area contributed by atoms with Crippen molar-refractivity contribution in [1.82, 2.24) is 29.9 Å². The number of amides is 1. The number of carbonyl (C=O) groups is 1. The number of hydrogen-bond acceptors (Lipinski definition) is 5. The molecular weight excluding hydrogens is 380 g/mol. The zero-order chi connectivity index (χ0) is 20.5. The number of rotatable bonds is 5. The van der Waals surface area contributed by atoms with E-state index in [0.717, 1.165) is 36.5 Å². The number of benzene rings is 1. The van der Waals surface area contributed by atoms with E-state index < -0.39 is 0 Å². The number of nitrogens with one attached hydrogen (secondary N) is 1. The zero-order valence-electron chi connectivity index (χ0n) is 17.1. The Labute approximate surface area is 175 Å². The van der Waals surface area contributed by atoms with Crippen molar-refractivity contribution in [3.63, 3.8) is 0 Å². The molecule has 0 aliphatic carbocycles. The Kier molecular flexibility index (Phi) is 5.08. The van der Waals surface area contributed by atoms with Crippen LogP contribution in [0, 0.1) is 12.8 Å². The van der Waals surface area contributed by atoms with Crippen LogP contribution in [0.2, 0.25) is 0 Å². The van der Waals surface area contributed by atoms with Crippen LogP contribution >= 0.6 is 0 Å². The molecule has 0 saturated carbocycles. The lowest BCUT2D eigenvalue weighted by atomic mass is 9.95. The molecule has 5 rings (SSSR count). The second-order valence-corrected chi connectivity index (χ2v) is 8.14. The molecule has 1 saturated heterocycles. The highest BCUT2D eigenvalue weighted by Gasteiger charge is 2.37. The first kappa shape index (κ1) is 19.0. The summed E-state index contributed by atoms with van der Waals surface area (Å²) in [5.74, 6) is 1.65. The van der Waals surface area contributed by atoms with Crippen LogP contribution in [0.25, 0.3) is 0 Å². The summed E-state index contributed by atoms with van der Waals surface area (Å²) in [6, 6.07) is 10.3. The van der Waals surface area contributed by atoms with E-state index in [4.69, 9.17) is 4.74 Å². The highest BCUT2D eigenvalue weighted by Crippen LogP contribution is 2.34. The molecule has 8 heteroatoms. The van der Waals surface area contributed by atoms with E-state index >= 15 is 0 Å². The average Bonchev–Trinajstić information content (AvgIpc) is 3.47. The van der Waals surface area contributed by atoms with Gasteiger partial charge in [0.15, 0.2) is 0 Å². The fraction of sp³-hybridized carbons (Fsp3) is 0.455. The number of nitrogens with zero attached hydrogens (tertiary/aromatic N) is 5. The van der Waals surface area contributed by atoms with Gasteiger partial charge in [-0.3, -0.25) is 9.48 Å². The van der Waals surface area contributed by atoms with Gasteiger partial charge in [0.2, 0.25) is 5.91 Å². The van der Waals surface area contributed by atoms with Crippen molar-refractivity contribution in [3.8, 4) is 0 Å². The van der Waals surface area contributed by atoms with Crippen LogP contribution < -0.4 is 5.32 Å². The van der Waals surface area contributed by atoms with Gasteiger partial charge in [0, 0.05) is 30.8 Å². The Balaban J connectivity index is 1.23. The molecule has 0 bridgehead atoms. The van der Waals surface area contributed by atoms with Crippen LogP contribution in [0.15, 0.2) is 42.7 Å². The van der Waals surface area contributed by atoms with Gasteiger partial charge in [-0.15, -0.1) is 0 Å². The summed E-state index contributed by atoms with van der Waals surface area (Å²) in [6.07, 6.45) is 6.02. The van der Waals surface area contributed by atoms with E-state index in [1.807, 2.05) is 46.9 Å². The van der Waals surface area contributed by atoms with Crippen LogP contribution in [0.3, 0.4) is 0 Å². The maximum absolute atomic E-state index is 13.0. The number of hydrogen-bond donors (Lipinski definition) is 1. The molecule has 2 aliphatic heterocycles. The maximum Gasteiger partial charge on any atom is 0.226 e. The predicted molar refractivity (Wildman–Crippen MR) is 110 cm³/mol. The lowest BCUT2D eigenvalue weighted by molar-refractivity contribution is -0.127. The fourth-order valence-corrected chi connectivity index (χ4v) is 4.43. The first-order valence-corrected chi connectivity index (χ1v) is 10.5. The minimum absolute atomic E-state index is 0.0543. The van der Waals surface area contributed by atoms with Gasteiger partial charge >= 0.3 is 0 Å². The van der Waals surface area contributed by atoms with Crippen LogP contribution in [0.5, 0.6) is 0 Å². The molecule has 2 aromatic heterocycles. The lowest BCUT2D eigenvalue weighted by Gasteiger charge is -2.26. The third kappa shape index (κ3) is 3.87. The van der Waals surface area contributed by atoms with Crippen molar-refractivity contribution in [2.24, 2.45) is 5.92 Å². The molecule has 0 spiro atoms. The molecule has 4 heterocycles. The molecule has 30 heavy (non-hydrogen) atoms. The average molecular weight is 406 g/mol. The fourth-order valence-electron chi connectivity index (χ4n) is 4.43. The Morgan fingerprint density at radius 2 is 2.13 bits per heavy atom. The van der Waals surface area contributed by atoms with E-state index in [-0.39, 0.29) is 24.0 Å². The Hall–Kier alpha value is -3.00. The predicted octanol–water partition coefficient (Wildman–Crippen LogP) is 2.04. The van der Waals surface area contributed by atoms with E-state index in [1.54, 1.807) is 0 Å². The summed E-state index contributed by atoms with van der Waals surface area (Å²) in [7, 11) is 0.